The fourth-order valence-corrected chi connectivity index (χ4v) is 5.67. The zero-order valence-electron chi connectivity index (χ0n) is 22.4. The van der Waals surface area contributed by atoms with Crippen LogP contribution in [-0.4, -0.2) is 59.6 Å². The predicted molar refractivity (Wildman–Crippen MR) is 166 cm³/mol. The van der Waals surface area contributed by atoms with E-state index >= 15 is 4.39 Å². The van der Waals surface area contributed by atoms with E-state index in [1.165, 1.54) is 13.0 Å². The molecule has 5 aromatic rings. The summed E-state index contributed by atoms with van der Waals surface area (Å²) in [6.07, 6.45) is 5.21. The molecule has 42 heavy (non-hydrogen) atoms. The molecule has 1 saturated heterocycles. The number of piperidine rings is 1. The van der Waals surface area contributed by atoms with Crippen molar-refractivity contribution in [3.63, 3.8) is 0 Å². The molecule has 0 saturated carbocycles. The Labute approximate surface area is 254 Å². The molecule has 3 aromatic heterocycles. The first-order valence-corrected chi connectivity index (χ1v) is 13.4. The maximum atomic E-state index is 15.4. The lowest BCUT2D eigenvalue weighted by molar-refractivity contribution is -0.140. The number of aliphatic hydroxyl groups is 1. The van der Waals surface area contributed by atoms with Gasteiger partial charge in [-0.15, -0.1) is 0 Å². The first-order valence-electron chi connectivity index (χ1n) is 13.0. The number of carbonyl (C=O) groups excluding carboxylic acids is 1. The van der Waals surface area contributed by atoms with Crippen LogP contribution in [0, 0.1) is 12.7 Å². The van der Waals surface area contributed by atoms with Gasteiger partial charge in [0.2, 0.25) is 0 Å². The number of aliphatic hydroxyl groups excluding tert-OH is 1. The van der Waals surface area contributed by atoms with Crippen LogP contribution in [-0.2, 0) is 4.79 Å². The Bertz CT molecular complexity index is 1740. The van der Waals surface area contributed by atoms with Gasteiger partial charge in [0.05, 0.1) is 22.3 Å². The maximum absolute atomic E-state index is 15.4. The van der Waals surface area contributed by atoms with Crippen LogP contribution in [0.1, 0.15) is 39.1 Å². The number of aryl methyl sites for hydroxylation is 1. The molecule has 4 heterocycles. The molecule has 1 aliphatic rings. The molecule has 2 aromatic carbocycles. The fraction of sp³-hybridized carbons (Fsp3) is 0.300. The molecule has 12 heteroatoms. The minimum Gasteiger partial charge on any atom is -0.424 e. The maximum Gasteiger partial charge on any atom is 0.321 e. The van der Waals surface area contributed by atoms with Gasteiger partial charge in [-0.3, -0.25) is 9.78 Å². The van der Waals surface area contributed by atoms with E-state index in [1.807, 2.05) is 6.92 Å². The molecule has 6 rings (SSSR count). The van der Waals surface area contributed by atoms with Gasteiger partial charge in [0.15, 0.2) is 0 Å². The Morgan fingerprint density at radius 2 is 1.81 bits per heavy atom. The summed E-state index contributed by atoms with van der Waals surface area (Å²) in [5.41, 5.74) is 2.92. The van der Waals surface area contributed by atoms with Crippen LogP contribution in [0.25, 0.3) is 33.1 Å². The topological polar surface area (TPSA) is 106 Å². The van der Waals surface area contributed by atoms with E-state index in [1.54, 1.807) is 53.8 Å². The van der Waals surface area contributed by atoms with Gasteiger partial charge >= 0.3 is 6.01 Å². The number of benzene rings is 2. The van der Waals surface area contributed by atoms with Crippen molar-refractivity contribution in [3.8, 4) is 22.9 Å². The van der Waals surface area contributed by atoms with Crippen molar-refractivity contribution in [2.24, 2.45) is 0 Å². The average molecular weight is 611 g/mol. The van der Waals surface area contributed by atoms with E-state index in [2.05, 4.69) is 19.5 Å². The molecule has 1 aliphatic heterocycles. The molecule has 0 aliphatic carbocycles. The summed E-state index contributed by atoms with van der Waals surface area (Å²) < 4.78 is 23.3. The summed E-state index contributed by atoms with van der Waals surface area (Å²) >= 11 is 6.62. The molecule has 1 amide bonds. The van der Waals surface area contributed by atoms with Gasteiger partial charge in [0.25, 0.3) is 5.91 Å². The number of imidazole rings is 1. The minimum atomic E-state index is -1.02. The van der Waals surface area contributed by atoms with E-state index in [9.17, 15) is 9.90 Å². The number of amides is 1. The second-order valence-corrected chi connectivity index (χ2v) is 10.3. The third-order valence-electron chi connectivity index (χ3n) is 7.26. The highest BCUT2D eigenvalue weighted by molar-refractivity contribution is 7.59. The van der Waals surface area contributed by atoms with Crippen LogP contribution >= 0.6 is 25.1 Å². The highest BCUT2D eigenvalue weighted by Gasteiger charge is 2.28. The average Bonchev–Trinajstić information content (AvgIpc) is 3.29. The van der Waals surface area contributed by atoms with Crippen molar-refractivity contribution in [3.05, 3.63) is 71.7 Å². The summed E-state index contributed by atoms with van der Waals surface area (Å²) in [4.78, 5) is 31.3. The van der Waals surface area contributed by atoms with E-state index < -0.39 is 11.9 Å². The van der Waals surface area contributed by atoms with Crippen LogP contribution in [0.5, 0.6) is 11.8 Å². The van der Waals surface area contributed by atoms with E-state index in [0.717, 1.165) is 16.7 Å². The Morgan fingerprint density at radius 3 is 2.48 bits per heavy atom. The van der Waals surface area contributed by atoms with Gasteiger partial charge in [-0.1, -0.05) is 19.0 Å². The number of ether oxygens (including phenoxy) is 1. The van der Waals surface area contributed by atoms with Crippen molar-refractivity contribution < 1.29 is 19.0 Å². The molecule has 0 unspecified atom stereocenters. The SMILES string of the molecule is C.Cc1nc2cnc3cc(F)c(-c4ccc(Oc5ncccn5)cc4Cl)cc3c2n1C1CCN(C(=O)[C@H](C)O)CC1.S. The number of halogens is 2. The van der Waals surface area contributed by atoms with Gasteiger partial charge in [0.1, 0.15) is 29.0 Å². The summed E-state index contributed by atoms with van der Waals surface area (Å²) in [5, 5.41) is 10.8. The molecular weight excluding hydrogens is 579 g/mol. The number of hydrogen-bond donors (Lipinski definition) is 1. The Kier molecular flexibility index (Phi) is 9.34. The van der Waals surface area contributed by atoms with E-state index in [-0.39, 0.29) is 38.9 Å². The molecule has 1 atom stereocenters. The van der Waals surface area contributed by atoms with Gasteiger partial charge in [-0.2, -0.15) is 13.5 Å². The van der Waals surface area contributed by atoms with Crippen LogP contribution in [0.15, 0.2) is 55.0 Å². The predicted octanol–water partition coefficient (Wildman–Crippen LogP) is 6.23. The van der Waals surface area contributed by atoms with Crippen molar-refractivity contribution in [1.82, 2.24) is 29.4 Å². The number of carbonyl (C=O) groups is 1. The second kappa shape index (κ2) is 12.6. The smallest absolute Gasteiger partial charge is 0.321 e. The van der Waals surface area contributed by atoms with Crippen molar-refractivity contribution >= 4 is 52.9 Å². The number of pyridine rings is 1. The first-order chi connectivity index (χ1) is 19.3. The number of aromatic nitrogens is 5. The normalized spacial score (nSPS) is 14.4. The number of fused-ring (bicyclic) bond motifs is 3. The molecule has 220 valence electrons. The van der Waals surface area contributed by atoms with Crippen molar-refractivity contribution in [2.45, 2.75) is 46.3 Å². The molecule has 0 spiro atoms. The largest absolute Gasteiger partial charge is 0.424 e. The molecule has 9 nitrogen and oxygen atoms in total. The number of nitrogens with zero attached hydrogens (tertiary/aromatic N) is 6. The Hall–Kier alpha value is -3.80. The zero-order valence-corrected chi connectivity index (χ0v) is 24.1. The van der Waals surface area contributed by atoms with Crippen LogP contribution in [0.4, 0.5) is 4.39 Å². The third-order valence-corrected chi connectivity index (χ3v) is 7.57. The molecule has 0 bridgehead atoms. The van der Waals surface area contributed by atoms with E-state index in [4.69, 9.17) is 21.3 Å². The Morgan fingerprint density at radius 1 is 1.10 bits per heavy atom. The lowest BCUT2D eigenvalue weighted by atomic mass is 10.0. The highest BCUT2D eigenvalue weighted by Crippen LogP contribution is 2.38. The number of hydrogen-bond acceptors (Lipinski definition) is 7. The zero-order chi connectivity index (χ0) is 28.0. The van der Waals surface area contributed by atoms with E-state index in [0.29, 0.717) is 58.9 Å². The molecule has 1 N–H and O–H groups in total. The molecule has 1 fully saturated rings. The molecule has 0 radical (unpaired) electrons. The fourth-order valence-electron chi connectivity index (χ4n) is 5.40. The monoisotopic (exact) mass is 610 g/mol. The van der Waals surface area contributed by atoms with Crippen LogP contribution in [0.3, 0.4) is 0 Å². The first kappa shape index (κ1) is 31.1. The second-order valence-electron chi connectivity index (χ2n) is 9.88. The van der Waals surface area contributed by atoms with Gasteiger partial charge in [-0.05, 0) is 51.0 Å². The lowest BCUT2D eigenvalue weighted by Gasteiger charge is -2.34. The highest BCUT2D eigenvalue weighted by atomic mass is 35.5. The summed E-state index contributed by atoms with van der Waals surface area (Å²) in [5.74, 6) is 0.538. The quantitative estimate of drug-likeness (QED) is 0.251. The van der Waals surface area contributed by atoms with Gasteiger partial charge in [0, 0.05) is 60.2 Å². The van der Waals surface area contributed by atoms with Crippen LogP contribution in [0.2, 0.25) is 5.02 Å². The molecular formula is C30H32ClFN6O3S. The van der Waals surface area contributed by atoms with Gasteiger partial charge in [-0.25, -0.2) is 19.3 Å². The number of rotatable bonds is 5. The third kappa shape index (κ3) is 5.77. The van der Waals surface area contributed by atoms with Crippen molar-refractivity contribution in [2.75, 3.05) is 13.1 Å². The summed E-state index contributed by atoms with van der Waals surface area (Å²) in [6, 6.07) is 10.1. The standard InChI is InChI=1S/C29H26ClFN6O3.CH4.H2S/c1-16(38)28(39)36-10-6-18(7-11-36)37-17(2)35-26-15-34-25-14-24(31)21(13-22(25)27(26)37)20-5-4-19(12-23(20)30)40-29-32-8-3-9-33-29;;/h3-5,8-9,12-16,18,38H,6-7,10-11H2,1-2H3;1H4;1H2/t16-;;/m0../s1. The number of likely N-dealkylation sites (tertiary alicyclic amines) is 1. The van der Waals surface area contributed by atoms with Crippen molar-refractivity contribution in [1.29, 1.82) is 0 Å². The lowest BCUT2D eigenvalue weighted by Crippen LogP contribution is -2.43. The summed E-state index contributed by atoms with van der Waals surface area (Å²) in [7, 11) is 0. The summed E-state index contributed by atoms with van der Waals surface area (Å²) in [6.45, 7) is 4.50. The van der Waals surface area contributed by atoms with Crippen LogP contribution < -0.4 is 4.74 Å². The Balaban J connectivity index is 0.00000202. The van der Waals surface area contributed by atoms with Gasteiger partial charge < -0.3 is 19.3 Å². The minimum absolute atomic E-state index is 0.